The lowest BCUT2D eigenvalue weighted by molar-refractivity contribution is -0.122. The summed E-state index contributed by atoms with van der Waals surface area (Å²) in [6.45, 7) is 2.37. The second kappa shape index (κ2) is 7.01. The number of carbonyl (C=O) groups is 1. The summed E-state index contributed by atoms with van der Waals surface area (Å²) < 4.78 is 27.1. The monoisotopic (exact) mass is 386 g/mol. The predicted octanol–water partition coefficient (Wildman–Crippen LogP) is 0.836. The van der Waals surface area contributed by atoms with Crippen LogP contribution < -0.4 is 10.0 Å². The summed E-state index contributed by atoms with van der Waals surface area (Å²) in [5, 5.41) is 2.81. The van der Waals surface area contributed by atoms with Gasteiger partial charge in [-0.2, -0.15) is 4.72 Å². The van der Waals surface area contributed by atoms with Gasteiger partial charge in [0.05, 0.1) is 4.90 Å². The maximum atomic E-state index is 12.5. The third-order valence-electron chi connectivity index (χ3n) is 5.13. The Balaban J connectivity index is 1.39. The van der Waals surface area contributed by atoms with E-state index in [9.17, 15) is 13.2 Å². The topological polar surface area (TPSA) is 101 Å². The van der Waals surface area contributed by atoms with Gasteiger partial charge < -0.3 is 5.32 Å². The van der Waals surface area contributed by atoms with Crippen LogP contribution in [-0.2, 0) is 40.5 Å². The van der Waals surface area contributed by atoms with Gasteiger partial charge in [0, 0.05) is 24.4 Å². The zero-order valence-electron chi connectivity index (χ0n) is 15.2. The van der Waals surface area contributed by atoms with Gasteiger partial charge in [0.25, 0.3) is 0 Å². The number of carbonyl (C=O) groups excluding carboxylic acids is 1. The highest BCUT2D eigenvalue weighted by atomic mass is 32.2. The fourth-order valence-electron chi connectivity index (χ4n) is 3.81. The molecule has 1 aliphatic carbocycles. The fraction of sp³-hybridized carbons (Fsp3) is 0.421. The summed E-state index contributed by atoms with van der Waals surface area (Å²) in [5.74, 6) is 0.397. The van der Waals surface area contributed by atoms with Crippen molar-refractivity contribution in [3.8, 4) is 0 Å². The van der Waals surface area contributed by atoms with Crippen molar-refractivity contribution in [1.82, 2.24) is 20.0 Å². The summed E-state index contributed by atoms with van der Waals surface area (Å²) in [6.07, 6.45) is 4.02. The van der Waals surface area contributed by atoms with Crippen molar-refractivity contribution in [2.45, 2.75) is 50.0 Å². The lowest BCUT2D eigenvalue weighted by Gasteiger charge is -2.25. The number of rotatable bonds is 4. The lowest BCUT2D eigenvalue weighted by Crippen LogP contribution is -2.50. The molecule has 142 valence electrons. The van der Waals surface area contributed by atoms with Crippen molar-refractivity contribution in [3.05, 3.63) is 52.6 Å². The summed E-state index contributed by atoms with van der Waals surface area (Å²) in [4.78, 5) is 21.8. The Labute approximate surface area is 158 Å². The summed E-state index contributed by atoms with van der Waals surface area (Å²) >= 11 is 0. The third-order valence-corrected chi connectivity index (χ3v) is 6.71. The predicted molar refractivity (Wildman–Crippen MR) is 99.8 cm³/mol. The highest BCUT2D eigenvalue weighted by molar-refractivity contribution is 7.89. The Morgan fingerprint density at radius 3 is 2.93 bits per heavy atom. The molecule has 27 heavy (non-hydrogen) atoms. The Morgan fingerprint density at radius 2 is 2.07 bits per heavy atom. The normalized spacial score (nSPS) is 20.0. The highest BCUT2D eigenvalue weighted by Gasteiger charge is 2.33. The molecule has 1 atom stereocenters. The molecule has 7 nitrogen and oxygen atoms in total. The first-order chi connectivity index (χ1) is 12.9. The Hall–Kier alpha value is -2.32. The lowest BCUT2D eigenvalue weighted by atomic mass is 10.1. The molecule has 0 saturated carbocycles. The minimum atomic E-state index is -3.66. The number of sulfonamides is 1. The van der Waals surface area contributed by atoms with Gasteiger partial charge in [-0.15, -0.1) is 0 Å². The van der Waals surface area contributed by atoms with E-state index in [4.69, 9.17) is 0 Å². The van der Waals surface area contributed by atoms with E-state index in [1.54, 1.807) is 24.3 Å². The average Bonchev–Trinajstić information content (AvgIpc) is 3.10. The maximum absolute atomic E-state index is 12.5. The largest absolute Gasteiger partial charge is 0.354 e. The molecule has 1 amide bonds. The molecule has 2 N–H and O–H groups in total. The average molecular weight is 386 g/mol. The fourth-order valence-corrected chi connectivity index (χ4v) is 5.25. The number of aromatic nitrogens is 2. The first-order valence-corrected chi connectivity index (χ1v) is 10.7. The van der Waals surface area contributed by atoms with E-state index >= 15 is 0 Å². The van der Waals surface area contributed by atoms with E-state index in [1.165, 1.54) is 5.56 Å². The van der Waals surface area contributed by atoms with E-state index in [-0.39, 0.29) is 10.8 Å². The van der Waals surface area contributed by atoms with Crippen molar-refractivity contribution >= 4 is 15.9 Å². The number of nitrogens with one attached hydrogen (secondary N) is 2. The number of hydrogen-bond donors (Lipinski definition) is 2. The van der Waals surface area contributed by atoms with E-state index in [2.05, 4.69) is 20.0 Å². The summed E-state index contributed by atoms with van der Waals surface area (Å²) in [6, 6.07) is 5.96. The van der Waals surface area contributed by atoms with Crippen LogP contribution in [0.25, 0.3) is 0 Å². The first-order valence-electron chi connectivity index (χ1n) is 9.17. The van der Waals surface area contributed by atoms with Gasteiger partial charge in [-0.25, -0.2) is 18.4 Å². The number of hydrogen-bond acceptors (Lipinski definition) is 5. The number of fused-ring (bicyclic) bond motifs is 2. The van der Waals surface area contributed by atoms with E-state index in [0.29, 0.717) is 24.9 Å². The van der Waals surface area contributed by atoms with E-state index in [1.807, 2.05) is 6.92 Å². The van der Waals surface area contributed by atoms with Crippen LogP contribution in [0.3, 0.4) is 0 Å². The summed E-state index contributed by atoms with van der Waals surface area (Å²) in [7, 11) is -3.66. The Kier molecular flexibility index (Phi) is 4.69. The van der Waals surface area contributed by atoms with Crippen LogP contribution in [0.2, 0.25) is 0 Å². The van der Waals surface area contributed by atoms with E-state index in [0.717, 1.165) is 36.5 Å². The first kappa shape index (κ1) is 18.1. The van der Waals surface area contributed by atoms with Crippen LogP contribution in [0.5, 0.6) is 0 Å². The Morgan fingerprint density at radius 1 is 1.26 bits per heavy atom. The molecule has 1 aromatic heterocycles. The molecule has 0 fully saturated rings. The molecule has 1 aliphatic heterocycles. The SMILES string of the molecule is Cc1nc(CCNC(=O)[C@H]2Cc3ccccc3S(=O)(=O)N2)nc2c1CCC2. The smallest absolute Gasteiger partial charge is 0.241 e. The molecule has 0 radical (unpaired) electrons. The zero-order chi connectivity index (χ0) is 19.0. The van der Waals surface area contributed by atoms with Crippen LogP contribution in [0.1, 0.15) is 34.8 Å². The van der Waals surface area contributed by atoms with Gasteiger partial charge in [-0.3, -0.25) is 4.79 Å². The third kappa shape index (κ3) is 3.59. The zero-order valence-corrected chi connectivity index (χ0v) is 16.0. The van der Waals surface area contributed by atoms with Crippen molar-refractivity contribution in [2.75, 3.05) is 6.54 Å². The molecule has 2 aromatic rings. The van der Waals surface area contributed by atoms with Crippen molar-refractivity contribution in [3.63, 3.8) is 0 Å². The molecule has 8 heteroatoms. The standard InChI is InChI=1S/C19H22N4O3S/c1-12-14-6-4-7-15(14)22-18(21-12)9-10-20-19(24)16-11-13-5-2-3-8-17(13)27(25,26)23-16/h2-3,5,8,16,23H,4,6-7,9-11H2,1H3,(H,20,24)/t16-/m1/s1. The molecular weight excluding hydrogens is 364 g/mol. The van der Waals surface area contributed by atoms with Gasteiger partial charge in [-0.05, 0) is 49.8 Å². The number of nitrogens with zero attached hydrogens (tertiary/aromatic N) is 2. The Bertz CT molecular complexity index is 1000. The van der Waals surface area contributed by atoms with Gasteiger partial charge >= 0.3 is 0 Å². The van der Waals surface area contributed by atoms with Crippen LogP contribution in [-0.4, -0.2) is 36.9 Å². The molecule has 4 rings (SSSR count). The number of aryl methyl sites for hydroxylation is 2. The van der Waals surface area contributed by atoms with Gasteiger partial charge in [-0.1, -0.05) is 18.2 Å². The molecule has 0 unspecified atom stereocenters. The second-order valence-electron chi connectivity index (χ2n) is 7.03. The highest BCUT2D eigenvalue weighted by Crippen LogP contribution is 2.23. The number of benzene rings is 1. The molecule has 2 heterocycles. The molecule has 1 aromatic carbocycles. The van der Waals surface area contributed by atoms with Gasteiger partial charge in [0.15, 0.2) is 0 Å². The minimum absolute atomic E-state index is 0.246. The van der Waals surface area contributed by atoms with Crippen LogP contribution in [0.15, 0.2) is 29.2 Å². The molecule has 2 aliphatic rings. The van der Waals surface area contributed by atoms with E-state index < -0.39 is 16.1 Å². The van der Waals surface area contributed by atoms with Crippen LogP contribution in [0, 0.1) is 6.92 Å². The summed E-state index contributed by atoms with van der Waals surface area (Å²) in [5.41, 5.74) is 4.07. The van der Waals surface area contributed by atoms with Gasteiger partial charge in [0.2, 0.25) is 15.9 Å². The van der Waals surface area contributed by atoms with Gasteiger partial charge in [0.1, 0.15) is 11.9 Å². The maximum Gasteiger partial charge on any atom is 0.241 e. The quantitative estimate of drug-likeness (QED) is 0.811. The molecule has 0 saturated heterocycles. The molecule has 0 bridgehead atoms. The minimum Gasteiger partial charge on any atom is -0.354 e. The molecular formula is C19H22N4O3S. The number of amides is 1. The van der Waals surface area contributed by atoms with Crippen LogP contribution >= 0.6 is 0 Å². The van der Waals surface area contributed by atoms with Crippen molar-refractivity contribution in [1.29, 1.82) is 0 Å². The second-order valence-corrected chi connectivity index (χ2v) is 8.71. The van der Waals surface area contributed by atoms with Crippen molar-refractivity contribution in [2.24, 2.45) is 0 Å². The van der Waals surface area contributed by atoms with Crippen LogP contribution in [0.4, 0.5) is 0 Å². The van der Waals surface area contributed by atoms with Crippen molar-refractivity contribution < 1.29 is 13.2 Å². The molecule has 0 spiro atoms.